The number of carbonyl (C=O) groups is 2. The highest BCUT2D eigenvalue weighted by molar-refractivity contribution is 6.27. The molecule has 1 fully saturated rings. The third-order valence-electron chi connectivity index (χ3n) is 3.29. The van der Waals surface area contributed by atoms with Gasteiger partial charge in [0.1, 0.15) is 11.9 Å². The van der Waals surface area contributed by atoms with Gasteiger partial charge in [0.05, 0.1) is 6.61 Å². The maximum Gasteiger partial charge on any atom is 0.224 e. The number of aldehydes is 1. The number of Topliss-reactive ketones (excluding diaryl/α,β-unsaturated/α-hetero) is 1. The molecule has 0 aromatic heterocycles. The van der Waals surface area contributed by atoms with Crippen LogP contribution in [0.15, 0.2) is 24.3 Å². The molecule has 0 bridgehead atoms. The Bertz CT molecular complexity index is 495. The van der Waals surface area contributed by atoms with Crippen LogP contribution in [0.25, 0.3) is 0 Å². The fourth-order valence-electron chi connectivity index (χ4n) is 2.28. The van der Waals surface area contributed by atoms with Crippen LogP contribution in [-0.4, -0.2) is 30.6 Å². The number of hydrogen-bond donors (Lipinski definition) is 0. The first-order chi connectivity index (χ1) is 9.41. The molecular weight excluding hydrogens is 263 g/mol. The normalized spacial score (nSPS) is 25.1. The molecule has 0 spiro atoms. The monoisotopic (exact) mass is 280 g/mol. The molecule has 2 unspecified atom stereocenters. The molecule has 1 aromatic carbocycles. The Morgan fingerprint density at radius 3 is 2.65 bits per heavy atom. The summed E-state index contributed by atoms with van der Waals surface area (Å²) in [6.07, 6.45) is -0.0500. The number of benzene rings is 1. The summed E-state index contributed by atoms with van der Waals surface area (Å²) >= 11 is 0. The van der Waals surface area contributed by atoms with Crippen LogP contribution >= 0.6 is 0 Å². The quantitative estimate of drug-likeness (QED) is 0.624. The van der Waals surface area contributed by atoms with Gasteiger partial charge in [-0.15, -0.1) is 0 Å². The van der Waals surface area contributed by atoms with Gasteiger partial charge in [-0.3, -0.25) is 9.59 Å². The average Bonchev–Trinajstić information content (AvgIpc) is 2.42. The summed E-state index contributed by atoms with van der Waals surface area (Å²) in [6.45, 7) is 3.72. The lowest BCUT2D eigenvalue weighted by Gasteiger charge is -2.39. The van der Waals surface area contributed by atoms with Crippen LogP contribution in [0.2, 0.25) is 0 Å². The first kappa shape index (κ1) is 14.8. The van der Waals surface area contributed by atoms with E-state index in [1.807, 2.05) is 0 Å². The van der Waals surface area contributed by atoms with Gasteiger partial charge in [0.15, 0.2) is 12.1 Å². The lowest BCUT2D eigenvalue weighted by Crippen LogP contribution is -2.50. The molecule has 0 amide bonds. The van der Waals surface area contributed by atoms with E-state index in [2.05, 4.69) is 0 Å². The van der Waals surface area contributed by atoms with E-state index in [1.165, 1.54) is 12.1 Å². The second-order valence-corrected chi connectivity index (χ2v) is 5.36. The van der Waals surface area contributed by atoms with E-state index in [1.54, 1.807) is 26.0 Å². The highest BCUT2D eigenvalue weighted by atomic mass is 19.1. The molecule has 4 nitrogen and oxygen atoms in total. The van der Waals surface area contributed by atoms with Crippen molar-refractivity contribution in [1.82, 2.24) is 0 Å². The molecule has 2 atom stereocenters. The van der Waals surface area contributed by atoms with Crippen molar-refractivity contribution in [1.29, 1.82) is 0 Å². The van der Waals surface area contributed by atoms with E-state index in [0.29, 0.717) is 13.0 Å². The smallest absolute Gasteiger partial charge is 0.224 e. The lowest BCUT2D eigenvalue weighted by molar-refractivity contribution is -0.284. The van der Waals surface area contributed by atoms with E-state index in [9.17, 15) is 14.0 Å². The van der Waals surface area contributed by atoms with Gasteiger partial charge < -0.3 is 9.47 Å². The summed E-state index contributed by atoms with van der Waals surface area (Å²) in [7, 11) is 0. The Morgan fingerprint density at radius 2 is 2.05 bits per heavy atom. The Balaban J connectivity index is 2.13. The minimum atomic E-state index is -0.886. The Labute approximate surface area is 116 Å². The number of carbonyl (C=O) groups excluding carboxylic acids is 2. The van der Waals surface area contributed by atoms with Crippen molar-refractivity contribution < 1.29 is 23.5 Å². The fraction of sp³-hybridized carbons (Fsp3) is 0.467. The lowest BCUT2D eigenvalue weighted by atomic mass is 9.91. The van der Waals surface area contributed by atoms with Gasteiger partial charge in [0.2, 0.25) is 5.78 Å². The molecule has 1 saturated heterocycles. The summed E-state index contributed by atoms with van der Waals surface area (Å²) in [4.78, 5) is 22.4. The van der Waals surface area contributed by atoms with E-state index < -0.39 is 17.7 Å². The maximum absolute atomic E-state index is 12.9. The van der Waals surface area contributed by atoms with Gasteiger partial charge in [-0.25, -0.2) is 4.39 Å². The first-order valence-electron chi connectivity index (χ1n) is 6.46. The molecule has 5 heteroatoms. The predicted molar refractivity (Wildman–Crippen MR) is 69.6 cm³/mol. The SMILES string of the molecule is CC1(C)OCC(Cc2ccc(F)cc2)C(C(=O)C=O)O1. The molecule has 108 valence electrons. The summed E-state index contributed by atoms with van der Waals surface area (Å²) in [5, 5.41) is 0. The van der Waals surface area contributed by atoms with E-state index in [0.717, 1.165) is 5.56 Å². The molecule has 1 aromatic rings. The van der Waals surface area contributed by atoms with Crippen LogP contribution in [0.3, 0.4) is 0 Å². The van der Waals surface area contributed by atoms with Crippen molar-refractivity contribution in [2.75, 3.05) is 6.61 Å². The maximum atomic E-state index is 12.9. The Kier molecular flexibility index (Phi) is 4.30. The van der Waals surface area contributed by atoms with Crippen molar-refractivity contribution in [3.05, 3.63) is 35.6 Å². The van der Waals surface area contributed by atoms with E-state index in [4.69, 9.17) is 9.47 Å². The molecular formula is C15H17FO4. The standard InChI is InChI=1S/C15H17FO4/c1-15(2)19-9-11(14(20-15)13(18)8-17)7-10-3-5-12(16)6-4-10/h3-6,8,11,14H,7,9H2,1-2H3. The molecule has 0 saturated carbocycles. The minimum absolute atomic E-state index is 0.258. The molecule has 1 aliphatic rings. The summed E-state index contributed by atoms with van der Waals surface area (Å²) in [5.74, 6) is -2.05. The summed E-state index contributed by atoms with van der Waals surface area (Å²) < 4.78 is 24.0. The van der Waals surface area contributed by atoms with Crippen LogP contribution in [0.4, 0.5) is 4.39 Å². The third-order valence-corrected chi connectivity index (χ3v) is 3.29. The topological polar surface area (TPSA) is 52.6 Å². The zero-order chi connectivity index (χ0) is 14.8. The van der Waals surface area contributed by atoms with Crippen LogP contribution in [0.5, 0.6) is 0 Å². The predicted octanol–water partition coefficient (Wildman–Crippen LogP) is 1.90. The minimum Gasteiger partial charge on any atom is -0.350 e. The Morgan fingerprint density at radius 1 is 1.40 bits per heavy atom. The first-order valence-corrected chi connectivity index (χ1v) is 6.46. The van der Waals surface area contributed by atoms with Crippen molar-refractivity contribution in [2.45, 2.75) is 32.2 Å². The second kappa shape index (κ2) is 5.81. The van der Waals surface area contributed by atoms with Crippen molar-refractivity contribution in [3.8, 4) is 0 Å². The van der Waals surface area contributed by atoms with Gasteiger partial charge in [0.25, 0.3) is 0 Å². The number of ketones is 1. The number of rotatable bonds is 4. The number of halogens is 1. The molecule has 20 heavy (non-hydrogen) atoms. The molecule has 2 rings (SSSR count). The largest absolute Gasteiger partial charge is 0.350 e. The highest BCUT2D eigenvalue weighted by Crippen LogP contribution is 2.28. The summed E-state index contributed by atoms with van der Waals surface area (Å²) in [6, 6.07) is 6.02. The summed E-state index contributed by atoms with van der Waals surface area (Å²) in [5.41, 5.74) is 0.868. The highest BCUT2D eigenvalue weighted by Gasteiger charge is 2.40. The van der Waals surface area contributed by atoms with Crippen LogP contribution < -0.4 is 0 Å². The molecule has 0 N–H and O–H groups in total. The van der Waals surface area contributed by atoms with Gasteiger partial charge in [-0.2, -0.15) is 0 Å². The molecule has 1 aliphatic heterocycles. The van der Waals surface area contributed by atoms with E-state index >= 15 is 0 Å². The third kappa shape index (κ3) is 3.49. The van der Waals surface area contributed by atoms with Crippen LogP contribution in [-0.2, 0) is 25.5 Å². The Hall–Kier alpha value is -1.59. The van der Waals surface area contributed by atoms with Crippen molar-refractivity contribution in [3.63, 3.8) is 0 Å². The molecule has 0 radical (unpaired) electrons. The molecule has 0 aliphatic carbocycles. The van der Waals surface area contributed by atoms with Crippen LogP contribution in [0.1, 0.15) is 19.4 Å². The van der Waals surface area contributed by atoms with Crippen LogP contribution in [0, 0.1) is 11.7 Å². The van der Waals surface area contributed by atoms with Gasteiger partial charge in [-0.1, -0.05) is 12.1 Å². The molecule has 1 heterocycles. The van der Waals surface area contributed by atoms with Crippen molar-refractivity contribution >= 4 is 12.1 Å². The fourth-order valence-corrected chi connectivity index (χ4v) is 2.28. The van der Waals surface area contributed by atoms with E-state index in [-0.39, 0.29) is 18.0 Å². The zero-order valence-corrected chi connectivity index (χ0v) is 11.5. The van der Waals surface area contributed by atoms with Gasteiger partial charge in [-0.05, 0) is 38.0 Å². The zero-order valence-electron chi connectivity index (χ0n) is 11.5. The average molecular weight is 280 g/mol. The van der Waals surface area contributed by atoms with Gasteiger partial charge in [0, 0.05) is 5.92 Å². The number of hydrogen-bond acceptors (Lipinski definition) is 4. The van der Waals surface area contributed by atoms with Crippen molar-refractivity contribution in [2.24, 2.45) is 5.92 Å². The second-order valence-electron chi connectivity index (χ2n) is 5.36. The number of ether oxygens (including phenoxy) is 2. The van der Waals surface area contributed by atoms with Gasteiger partial charge >= 0.3 is 0 Å².